The van der Waals surface area contributed by atoms with E-state index in [1.165, 1.54) is 0 Å². The van der Waals surface area contributed by atoms with E-state index in [1.807, 2.05) is 0 Å². The average molecular weight is 387 g/mol. The number of amides is 2. The van der Waals surface area contributed by atoms with Gasteiger partial charge in [0.25, 0.3) is 11.8 Å². The highest BCUT2D eigenvalue weighted by atomic mass is 32.2. The van der Waals surface area contributed by atoms with Crippen LogP contribution in [0.5, 0.6) is 0 Å². The first-order chi connectivity index (χ1) is 12.7. The van der Waals surface area contributed by atoms with Gasteiger partial charge in [-0.3, -0.25) is 14.3 Å². The topological polar surface area (TPSA) is 104 Å². The maximum atomic E-state index is 12.7. The van der Waals surface area contributed by atoms with Crippen LogP contribution < -0.4 is 15.4 Å². The summed E-state index contributed by atoms with van der Waals surface area (Å²) in [4.78, 5) is 24.9. The quantitative estimate of drug-likeness (QED) is 0.635. The molecule has 8 heteroatoms. The van der Waals surface area contributed by atoms with E-state index in [9.17, 15) is 18.0 Å². The van der Waals surface area contributed by atoms with Crippen LogP contribution in [0.25, 0.3) is 0 Å². The number of carbonyl (C=O) groups excluding carboxylic acids is 2. The van der Waals surface area contributed by atoms with Crippen LogP contribution >= 0.6 is 0 Å². The Morgan fingerprint density at radius 1 is 1.00 bits per heavy atom. The third-order valence-corrected chi connectivity index (χ3v) is 4.29. The van der Waals surface area contributed by atoms with Crippen LogP contribution in [0.4, 0.5) is 11.4 Å². The van der Waals surface area contributed by atoms with Crippen molar-refractivity contribution in [1.29, 1.82) is 0 Å². The molecule has 27 heavy (non-hydrogen) atoms. The van der Waals surface area contributed by atoms with E-state index in [-0.39, 0.29) is 5.91 Å². The van der Waals surface area contributed by atoms with E-state index in [2.05, 4.69) is 21.9 Å². The lowest BCUT2D eigenvalue weighted by molar-refractivity contribution is 0.0959. The zero-order valence-electron chi connectivity index (χ0n) is 15.1. The Morgan fingerprint density at radius 2 is 1.63 bits per heavy atom. The first-order valence-corrected chi connectivity index (χ1v) is 9.99. The van der Waals surface area contributed by atoms with E-state index in [0.29, 0.717) is 34.6 Å². The molecule has 2 aromatic rings. The van der Waals surface area contributed by atoms with Crippen molar-refractivity contribution in [3.05, 3.63) is 71.8 Å². The summed E-state index contributed by atoms with van der Waals surface area (Å²) in [5.41, 5.74) is 1.77. The van der Waals surface area contributed by atoms with Gasteiger partial charge in [-0.1, -0.05) is 24.3 Å². The number of hydrogen-bond acceptors (Lipinski definition) is 4. The van der Waals surface area contributed by atoms with E-state index in [1.54, 1.807) is 55.5 Å². The van der Waals surface area contributed by atoms with Crippen molar-refractivity contribution in [2.45, 2.75) is 6.92 Å². The summed E-state index contributed by atoms with van der Waals surface area (Å²) >= 11 is 0. The van der Waals surface area contributed by atoms with Crippen molar-refractivity contribution in [2.75, 3.05) is 22.8 Å². The lowest BCUT2D eigenvalue weighted by atomic mass is 10.1. The Kier molecular flexibility index (Phi) is 6.36. The first-order valence-electron chi connectivity index (χ1n) is 8.10. The van der Waals surface area contributed by atoms with Gasteiger partial charge in [-0.15, -0.1) is 6.58 Å². The normalized spacial score (nSPS) is 10.7. The van der Waals surface area contributed by atoms with Crippen LogP contribution in [0.2, 0.25) is 0 Å². The van der Waals surface area contributed by atoms with Crippen molar-refractivity contribution in [3.8, 4) is 0 Å². The number of anilines is 2. The molecule has 0 atom stereocenters. The molecule has 2 amide bonds. The van der Waals surface area contributed by atoms with Gasteiger partial charge in [0.15, 0.2) is 0 Å². The molecule has 142 valence electrons. The summed E-state index contributed by atoms with van der Waals surface area (Å²) in [6, 6.07) is 11.4. The number of para-hydroxylation sites is 1. The first kappa shape index (κ1) is 20.2. The van der Waals surface area contributed by atoms with Gasteiger partial charge in [0.2, 0.25) is 10.0 Å². The third-order valence-electron chi connectivity index (χ3n) is 3.70. The van der Waals surface area contributed by atoms with Gasteiger partial charge in [0.05, 0.1) is 23.2 Å². The van der Waals surface area contributed by atoms with Crippen LogP contribution in [0.3, 0.4) is 0 Å². The third kappa shape index (κ3) is 5.42. The molecule has 0 radical (unpaired) electrons. The minimum Gasteiger partial charge on any atom is -0.349 e. The number of rotatable bonds is 7. The van der Waals surface area contributed by atoms with Crippen LogP contribution in [0.1, 0.15) is 26.3 Å². The Labute approximate surface area is 158 Å². The fourth-order valence-corrected chi connectivity index (χ4v) is 3.05. The molecule has 0 aromatic heterocycles. The Balaban J connectivity index is 2.30. The van der Waals surface area contributed by atoms with Gasteiger partial charge in [-0.05, 0) is 36.8 Å². The molecule has 0 unspecified atom stereocenters. The number of carbonyl (C=O) groups is 2. The molecule has 0 heterocycles. The van der Waals surface area contributed by atoms with Crippen molar-refractivity contribution in [3.63, 3.8) is 0 Å². The highest BCUT2D eigenvalue weighted by Crippen LogP contribution is 2.22. The molecule has 0 spiro atoms. The summed E-state index contributed by atoms with van der Waals surface area (Å²) in [6.07, 6.45) is 2.60. The van der Waals surface area contributed by atoms with E-state index in [0.717, 1.165) is 6.26 Å². The van der Waals surface area contributed by atoms with Gasteiger partial charge in [0.1, 0.15) is 0 Å². The fraction of sp³-hybridized carbons (Fsp3) is 0.158. The number of nitrogens with one attached hydrogen (secondary N) is 3. The number of hydrogen-bond donors (Lipinski definition) is 3. The summed E-state index contributed by atoms with van der Waals surface area (Å²) in [5.74, 6) is -0.788. The van der Waals surface area contributed by atoms with Crippen molar-refractivity contribution < 1.29 is 18.0 Å². The van der Waals surface area contributed by atoms with Crippen molar-refractivity contribution in [2.24, 2.45) is 0 Å². The maximum absolute atomic E-state index is 12.7. The molecular formula is C19H21N3O4S. The van der Waals surface area contributed by atoms with Gasteiger partial charge in [-0.2, -0.15) is 0 Å². The molecule has 3 N–H and O–H groups in total. The van der Waals surface area contributed by atoms with Crippen LogP contribution in [0, 0.1) is 6.92 Å². The summed E-state index contributed by atoms with van der Waals surface area (Å²) in [7, 11) is -3.47. The van der Waals surface area contributed by atoms with E-state index >= 15 is 0 Å². The lowest BCUT2D eigenvalue weighted by Gasteiger charge is -2.14. The monoisotopic (exact) mass is 387 g/mol. The average Bonchev–Trinajstić information content (AvgIpc) is 2.60. The molecule has 0 saturated heterocycles. The molecule has 0 aliphatic heterocycles. The second kappa shape index (κ2) is 8.50. The number of benzene rings is 2. The van der Waals surface area contributed by atoms with Crippen LogP contribution in [-0.4, -0.2) is 33.0 Å². The summed E-state index contributed by atoms with van der Waals surface area (Å²) < 4.78 is 25.3. The minimum atomic E-state index is -3.47. The van der Waals surface area contributed by atoms with Crippen molar-refractivity contribution >= 4 is 33.2 Å². The van der Waals surface area contributed by atoms with Gasteiger partial charge >= 0.3 is 0 Å². The van der Waals surface area contributed by atoms with Gasteiger partial charge in [0, 0.05) is 12.1 Å². The van der Waals surface area contributed by atoms with Gasteiger partial charge in [-0.25, -0.2) is 8.42 Å². The molecule has 0 bridgehead atoms. The molecule has 0 saturated carbocycles. The standard InChI is InChI=1S/C19H21N3O4S/c1-4-12-20-18(23)15-8-5-6-10-17(15)21-19(24)14-9-7-11-16(13(14)2)22-27(3,25)26/h4-11,22H,1,12H2,2-3H3,(H,20,23)(H,21,24). The molecule has 0 aliphatic rings. The van der Waals surface area contributed by atoms with E-state index in [4.69, 9.17) is 0 Å². The summed E-state index contributed by atoms with van der Waals surface area (Å²) in [5, 5.41) is 5.38. The Morgan fingerprint density at radius 3 is 2.30 bits per heavy atom. The molecule has 2 rings (SSSR count). The molecule has 0 aliphatic carbocycles. The highest BCUT2D eigenvalue weighted by Gasteiger charge is 2.17. The molecular weight excluding hydrogens is 366 g/mol. The molecule has 0 fully saturated rings. The highest BCUT2D eigenvalue weighted by molar-refractivity contribution is 7.92. The molecule has 7 nitrogen and oxygen atoms in total. The van der Waals surface area contributed by atoms with E-state index < -0.39 is 15.9 Å². The predicted molar refractivity (Wildman–Crippen MR) is 107 cm³/mol. The Bertz CT molecular complexity index is 984. The van der Waals surface area contributed by atoms with Crippen molar-refractivity contribution in [1.82, 2.24) is 5.32 Å². The second-order valence-corrected chi connectivity index (χ2v) is 7.60. The van der Waals surface area contributed by atoms with Gasteiger partial charge < -0.3 is 10.6 Å². The minimum absolute atomic E-state index is 0.296. The zero-order chi connectivity index (χ0) is 20.0. The molecule has 2 aromatic carbocycles. The largest absolute Gasteiger partial charge is 0.349 e. The maximum Gasteiger partial charge on any atom is 0.256 e. The zero-order valence-corrected chi connectivity index (χ0v) is 15.9. The predicted octanol–water partition coefficient (Wildman–Crippen LogP) is 2.53. The summed E-state index contributed by atoms with van der Waals surface area (Å²) in [6.45, 7) is 5.50. The fourth-order valence-electron chi connectivity index (χ4n) is 2.43. The van der Waals surface area contributed by atoms with Crippen LogP contribution in [0.15, 0.2) is 55.1 Å². The van der Waals surface area contributed by atoms with Crippen LogP contribution in [-0.2, 0) is 10.0 Å². The number of sulfonamides is 1. The Hall–Kier alpha value is -3.13. The lowest BCUT2D eigenvalue weighted by Crippen LogP contribution is -2.25. The smallest absolute Gasteiger partial charge is 0.256 e. The SMILES string of the molecule is C=CCNC(=O)c1ccccc1NC(=O)c1cccc(NS(C)(=O)=O)c1C. The second-order valence-electron chi connectivity index (χ2n) is 5.85.